The van der Waals surface area contributed by atoms with Crippen LogP contribution in [0.25, 0.3) is 0 Å². The number of nitrogens with zero attached hydrogens (tertiary/aromatic N) is 2. The quantitative estimate of drug-likeness (QED) is 0.752. The van der Waals surface area contributed by atoms with Crippen LogP contribution >= 0.6 is 0 Å². The second kappa shape index (κ2) is 4.40. The van der Waals surface area contributed by atoms with Gasteiger partial charge in [0, 0.05) is 44.3 Å². The Balaban J connectivity index is 1.73. The highest BCUT2D eigenvalue weighted by molar-refractivity contribution is 4.96. The summed E-state index contributed by atoms with van der Waals surface area (Å²) >= 11 is 0. The molecule has 0 aromatic carbocycles. The van der Waals surface area contributed by atoms with Gasteiger partial charge in [0.15, 0.2) is 0 Å². The van der Waals surface area contributed by atoms with Gasteiger partial charge < -0.3 is 5.73 Å². The average molecular weight is 211 g/mol. The van der Waals surface area contributed by atoms with Crippen LogP contribution in [0.2, 0.25) is 0 Å². The molecule has 1 saturated heterocycles. The van der Waals surface area contributed by atoms with E-state index < -0.39 is 0 Å². The molecule has 1 aliphatic heterocycles. The molecule has 0 spiro atoms. The number of nitrogens with two attached hydrogens (primary N) is 1. The van der Waals surface area contributed by atoms with Crippen molar-refractivity contribution in [2.24, 2.45) is 5.73 Å². The Bertz CT molecular complexity index is 203. The summed E-state index contributed by atoms with van der Waals surface area (Å²) in [6, 6.07) is 0.697. The zero-order valence-corrected chi connectivity index (χ0v) is 10.2. The second-order valence-electron chi connectivity index (χ2n) is 5.62. The van der Waals surface area contributed by atoms with Crippen LogP contribution in [0.1, 0.15) is 33.1 Å². The Hall–Kier alpha value is -0.120. The monoisotopic (exact) mass is 211 g/mol. The minimum Gasteiger partial charge on any atom is -0.324 e. The van der Waals surface area contributed by atoms with E-state index in [4.69, 9.17) is 5.73 Å². The maximum absolute atomic E-state index is 6.27. The van der Waals surface area contributed by atoms with Crippen molar-refractivity contribution in [3.63, 3.8) is 0 Å². The Morgan fingerprint density at radius 1 is 1.13 bits per heavy atom. The predicted molar refractivity (Wildman–Crippen MR) is 63.9 cm³/mol. The van der Waals surface area contributed by atoms with Crippen molar-refractivity contribution >= 4 is 0 Å². The minimum absolute atomic E-state index is 0.167. The van der Waals surface area contributed by atoms with Gasteiger partial charge in [0.2, 0.25) is 0 Å². The van der Waals surface area contributed by atoms with Crippen LogP contribution in [-0.4, -0.2) is 54.1 Å². The molecule has 0 radical (unpaired) electrons. The van der Waals surface area contributed by atoms with Crippen molar-refractivity contribution in [2.75, 3.05) is 32.7 Å². The van der Waals surface area contributed by atoms with Crippen LogP contribution < -0.4 is 5.73 Å². The van der Waals surface area contributed by atoms with Crippen molar-refractivity contribution < 1.29 is 0 Å². The summed E-state index contributed by atoms with van der Waals surface area (Å²) in [4.78, 5) is 5.11. The average Bonchev–Trinajstić information content (AvgIpc) is 2.16. The Morgan fingerprint density at radius 3 is 2.13 bits per heavy atom. The molecule has 2 fully saturated rings. The molecule has 0 aromatic rings. The van der Waals surface area contributed by atoms with E-state index in [-0.39, 0.29) is 5.54 Å². The third-order valence-corrected chi connectivity index (χ3v) is 4.03. The van der Waals surface area contributed by atoms with Gasteiger partial charge in [0.1, 0.15) is 0 Å². The van der Waals surface area contributed by atoms with E-state index in [1.807, 2.05) is 0 Å². The molecule has 0 amide bonds. The lowest BCUT2D eigenvalue weighted by atomic mass is 9.77. The zero-order chi connectivity index (χ0) is 10.9. The normalized spacial score (nSPS) is 28.0. The highest BCUT2D eigenvalue weighted by Gasteiger charge is 2.35. The summed E-state index contributed by atoms with van der Waals surface area (Å²) < 4.78 is 0. The summed E-state index contributed by atoms with van der Waals surface area (Å²) in [6.07, 6.45) is 3.80. The lowest BCUT2D eigenvalue weighted by molar-refractivity contribution is 0.0726. The van der Waals surface area contributed by atoms with Gasteiger partial charge in [-0.3, -0.25) is 9.80 Å². The summed E-state index contributed by atoms with van der Waals surface area (Å²) in [5.41, 5.74) is 6.44. The molecule has 2 aliphatic rings. The van der Waals surface area contributed by atoms with E-state index in [0.29, 0.717) is 6.04 Å². The first-order valence-electron chi connectivity index (χ1n) is 6.34. The molecule has 0 atom stereocenters. The molecule has 88 valence electrons. The Labute approximate surface area is 93.6 Å². The molecule has 0 unspecified atom stereocenters. The number of hydrogen-bond acceptors (Lipinski definition) is 3. The van der Waals surface area contributed by atoms with Gasteiger partial charge in [-0.1, -0.05) is 0 Å². The summed E-state index contributed by atoms with van der Waals surface area (Å²) in [7, 11) is 0. The lowest BCUT2D eigenvalue weighted by Crippen LogP contribution is -2.59. The van der Waals surface area contributed by atoms with Crippen molar-refractivity contribution in [3.8, 4) is 0 Å². The second-order valence-corrected chi connectivity index (χ2v) is 5.62. The van der Waals surface area contributed by atoms with Crippen molar-refractivity contribution in [1.82, 2.24) is 9.80 Å². The number of rotatable bonds is 3. The van der Waals surface area contributed by atoms with Crippen LogP contribution in [0.5, 0.6) is 0 Å². The van der Waals surface area contributed by atoms with Crippen molar-refractivity contribution in [1.29, 1.82) is 0 Å². The van der Waals surface area contributed by atoms with Gasteiger partial charge in [0.25, 0.3) is 0 Å². The maximum Gasteiger partial charge on any atom is 0.0283 e. The van der Waals surface area contributed by atoms with Gasteiger partial charge in [-0.25, -0.2) is 0 Å². The van der Waals surface area contributed by atoms with Gasteiger partial charge in [-0.15, -0.1) is 0 Å². The van der Waals surface area contributed by atoms with E-state index in [0.717, 1.165) is 6.54 Å². The summed E-state index contributed by atoms with van der Waals surface area (Å²) in [5, 5.41) is 0. The van der Waals surface area contributed by atoms with Crippen LogP contribution in [0.3, 0.4) is 0 Å². The first-order valence-corrected chi connectivity index (χ1v) is 6.34. The van der Waals surface area contributed by atoms with Crippen LogP contribution in [0.15, 0.2) is 0 Å². The predicted octanol–water partition coefficient (Wildman–Crippen LogP) is 0.894. The molecule has 0 aromatic heterocycles. The lowest BCUT2D eigenvalue weighted by Gasteiger charge is -2.45. The van der Waals surface area contributed by atoms with Crippen LogP contribution in [0, 0.1) is 0 Å². The molecule has 1 heterocycles. The topological polar surface area (TPSA) is 32.5 Å². The van der Waals surface area contributed by atoms with Crippen LogP contribution in [0.4, 0.5) is 0 Å². The fourth-order valence-electron chi connectivity index (χ4n) is 2.67. The molecule has 3 heteroatoms. The van der Waals surface area contributed by atoms with Gasteiger partial charge in [0.05, 0.1) is 0 Å². The molecule has 0 bridgehead atoms. The summed E-state index contributed by atoms with van der Waals surface area (Å²) in [5.74, 6) is 0. The molecule has 15 heavy (non-hydrogen) atoms. The standard InChI is InChI=1S/C12H25N3/c1-11(2)15-8-6-14(7-9-15)10-12(13)4-3-5-12/h11H,3-10,13H2,1-2H3. The maximum atomic E-state index is 6.27. The Morgan fingerprint density at radius 2 is 1.73 bits per heavy atom. The zero-order valence-electron chi connectivity index (χ0n) is 10.2. The van der Waals surface area contributed by atoms with Crippen molar-refractivity contribution in [2.45, 2.75) is 44.7 Å². The van der Waals surface area contributed by atoms with E-state index in [1.54, 1.807) is 0 Å². The third-order valence-electron chi connectivity index (χ3n) is 4.03. The van der Waals surface area contributed by atoms with Gasteiger partial charge in [-0.2, -0.15) is 0 Å². The summed E-state index contributed by atoms with van der Waals surface area (Å²) in [6.45, 7) is 10.5. The fourth-order valence-corrected chi connectivity index (χ4v) is 2.67. The van der Waals surface area contributed by atoms with Crippen molar-refractivity contribution in [3.05, 3.63) is 0 Å². The first-order chi connectivity index (χ1) is 7.09. The Kier molecular flexibility index (Phi) is 3.33. The molecular weight excluding hydrogens is 186 g/mol. The smallest absolute Gasteiger partial charge is 0.0283 e. The largest absolute Gasteiger partial charge is 0.324 e. The SMILES string of the molecule is CC(C)N1CCN(CC2(N)CCC2)CC1. The van der Waals surface area contributed by atoms with E-state index in [9.17, 15) is 0 Å². The fraction of sp³-hybridized carbons (Fsp3) is 1.00. The molecular formula is C12H25N3. The molecule has 1 aliphatic carbocycles. The molecule has 3 nitrogen and oxygen atoms in total. The number of piperazine rings is 1. The van der Waals surface area contributed by atoms with Crippen LogP contribution in [-0.2, 0) is 0 Å². The highest BCUT2D eigenvalue weighted by atomic mass is 15.3. The number of hydrogen-bond donors (Lipinski definition) is 1. The van der Waals surface area contributed by atoms with Gasteiger partial charge in [-0.05, 0) is 33.1 Å². The van der Waals surface area contributed by atoms with Gasteiger partial charge >= 0.3 is 0 Å². The third kappa shape index (κ3) is 2.71. The van der Waals surface area contributed by atoms with E-state index >= 15 is 0 Å². The van der Waals surface area contributed by atoms with E-state index in [1.165, 1.54) is 45.4 Å². The highest BCUT2D eigenvalue weighted by Crippen LogP contribution is 2.30. The molecule has 2 N–H and O–H groups in total. The molecule has 1 saturated carbocycles. The first kappa shape index (κ1) is 11.4. The minimum atomic E-state index is 0.167. The molecule has 2 rings (SSSR count). The van der Waals surface area contributed by atoms with E-state index in [2.05, 4.69) is 23.6 Å².